The predicted molar refractivity (Wildman–Crippen MR) is 68.6 cm³/mol. The quantitative estimate of drug-likeness (QED) is 0.709. The summed E-state index contributed by atoms with van der Waals surface area (Å²) in [5.41, 5.74) is 1.87. The Hall–Kier alpha value is -0.900. The lowest BCUT2D eigenvalue weighted by Crippen LogP contribution is -2.08. The van der Waals surface area contributed by atoms with Crippen molar-refractivity contribution in [2.75, 3.05) is 0 Å². The molecule has 0 spiro atoms. The van der Waals surface area contributed by atoms with E-state index in [1.165, 1.54) is 12.8 Å². The number of hydrogen-bond donors (Lipinski definition) is 1. The van der Waals surface area contributed by atoms with Gasteiger partial charge >= 0.3 is 0 Å². The van der Waals surface area contributed by atoms with Crippen molar-refractivity contribution in [2.24, 2.45) is 5.92 Å². The zero-order valence-corrected chi connectivity index (χ0v) is 11.3. The van der Waals surface area contributed by atoms with Crippen molar-refractivity contribution in [1.29, 1.82) is 0 Å². The van der Waals surface area contributed by atoms with Gasteiger partial charge in [0.2, 0.25) is 0 Å². The smallest absolute Gasteiger partial charge is 0.111 e. The van der Waals surface area contributed by atoms with Crippen LogP contribution >= 0.6 is 0 Å². The van der Waals surface area contributed by atoms with E-state index >= 15 is 0 Å². The Morgan fingerprint density at radius 3 is 2.65 bits per heavy atom. The summed E-state index contributed by atoms with van der Waals surface area (Å²) in [6.45, 7) is 7.54. The van der Waals surface area contributed by atoms with Gasteiger partial charge in [0.1, 0.15) is 5.69 Å². The first-order valence-corrected chi connectivity index (χ1v) is 6.71. The first-order chi connectivity index (χ1) is 8.19. The molecule has 17 heavy (non-hydrogen) atoms. The van der Waals surface area contributed by atoms with E-state index in [1.807, 2.05) is 4.68 Å². The maximum Gasteiger partial charge on any atom is 0.111 e. The first-order valence-electron chi connectivity index (χ1n) is 6.71. The molecule has 0 saturated heterocycles. The molecule has 4 nitrogen and oxygen atoms in total. The zero-order chi connectivity index (χ0) is 12.7. The monoisotopic (exact) mass is 239 g/mol. The minimum Gasteiger partial charge on any atom is -0.390 e. The molecule has 1 heterocycles. The highest BCUT2D eigenvalue weighted by Crippen LogP contribution is 2.13. The number of aromatic nitrogens is 3. The number of unbranched alkanes of at least 4 members (excludes halogenated alkanes) is 2. The van der Waals surface area contributed by atoms with Gasteiger partial charge in [-0.1, -0.05) is 38.8 Å². The molecule has 0 fully saturated rings. The van der Waals surface area contributed by atoms with E-state index in [-0.39, 0.29) is 6.61 Å². The van der Waals surface area contributed by atoms with Gasteiger partial charge in [-0.15, -0.1) is 5.10 Å². The molecule has 0 bridgehead atoms. The van der Waals surface area contributed by atoms with Crippen LogP contribution in [0.2, 0.25) is 0 Å². The molecule has 0 amide bonds. The van der Waals surface area contributed by atoms with E-state index in [4.69, 9.17) is 0 Å². The van der Waals surface area contributed by atoms with E-state index < -0.39 is 0 Å². The first kappa shape index (κ1) is 14.2. The molecule has 0 atom stereocenters. The summed E-state index contributed by atoms with van der Waals surface area (Å²) < 4.78 is 1.98. The summed E-state index contributed by atoms with van der Waals surface area (Å²) in [7, 11) is 0. The fourth-order valence-corrected chi connectivity index (χ4v) is 1.88. The molecule has 0 aromatic carbocycles. The Morgan fingerprint density at radius 1 is 1.29 bits per heavy atom. The van der Waals surface area contributed by atoms with Gasteiger partial charge in [0.15, 0.2) is 0 Å². The van der Waals surface area contributed by atoms with Gasteiger partial charge in [0.25, 0.3) is 0 Å². The van der Waals surface area contributed by atoms with Crippen molar-refractivity contribution >= 4 is 0 Å². The molecule has 1 aromatic heterocycles. The molecule has 0 aliphatic carbocycles. The van der Waals surface area contributed by atoms with Crippen molar-refractivity contribution in [1.82, 2.24) is 15.0 Å². The van der Waals surface area contributed by atoms with Gasteiger partial charge in [-0.2, -0.15) is 0 Å². The van der Waals surface area contributed by atoms with E-state index in [0.717, 1.165) is 37.2 Å². The van der Waals surface area contributed by atoms with Gasteiger partial charge in [-0.3, -0.25) is 0 Å². The fraction of sp³-hybridized carbons (Fsp3) is 0.846. The van der Waals surface area contributed by atoms with Crippen molar-refractivity contribution < 1.29 is 5.11 Å². The molecule has 1 aromatic rings. The standard InChI is InChI=1S/C13H25N3O/c1-4-5-6-9-16-13(8-7-11(2)3)12(10-17)14-15-16/h11,17H,4-10H2,1-3H3. The van der Waals surface area contributed by atoms with E-state index in [1.54, 1.807) is 0 Å². The Bertz CT molecular complexity index is 320. The second-order valence-electron chi connectivity index (χ2n) is 5.00. The van der Waals surface area contributed by atoms with Crippen LogP contribution in [-0.4, -0.2) is 20.1 Å². The van der Waals surface area contributed by atoms with Crippen molar-refractivity contribution in [3.05, 3.63) is 11.4 Å². The van der Waals surface area contributed by atoms with Crippen LogP contribution in [0.25, 0.3) is 0 Å². The molecule has 0 aliphatic heterocycles. The van der Waals surface area contributed by atoms with Crippen LogP contribution in [0.15, 0.2) is 0 Å². The molecule has 4 heteroatoms. The Labute approximate surface area is 104 Å². The van der Waals surface area contributed by atoms with Crippen LogP contribution in [0.5, 0.6) is 0 Å². The minimum atomic E-state index is 0.00120. The predicted octanol–water partition coefficient (Wildman–Crippen LogP) is 2.55. The van der Waals surface area contributed by atoms with E-state index in [2.05, 4.69) is 31.1 Å². The number of rotatable bonds is 8. The molecular weight excluding hydrogens is 214 g/mol. The van der Waals surface area contributed by atoms with Crippen LogP contribution in [-0.2, 0) is 19.6 Å². The normalized spacial score (nSPS) is 11.4. The third-order valence-electron chi connectivity index (χ3n) is 3.00. The maximum absolute atomic E-state index is 9.25. The second kappa shape index (κ2) is 7.43. The third kappa shape index (κ3) is 4.46. The summed E-state index contributed by atoms with van der Waals surface area (Å²) in [6, 6.07) is 0. The lowest BCUT2D eigenvalue weighted by Gasteiger charge is -2.08. The number of hydrogen-bond acceptors (Lipinski definition) is 3. The van der Waals surface area contributed by atoms with Crippen LogP contribution in [0, 0.1) is 5.92 Å². The molecule has 0 unspecified atom stereocenters. The lowest BCUT2D eigenvalue weighted by atomic mass is 10.1. The van der Waals surface area contributed by atoms with Crippen LogP contribution < -0.4 is 0 Å². The van der Waals surface area contributed by atoms with Gasteiger partial charge in [0.05, 0.1) is 12.3 Å². The van der Waals surface area contributed by atoms with Gasteiger partial charge in [0, 0.05) is 6.54 Å². The Kier molecular flexibility index (Phi) is 6.19. The number of aliphatic hydroxyl groups excluding tert-OH is 1. The van der Waals surface area contributed by atoms with E-state index in [9.17, 15) is 5.11 Å². The van der Waals surface area contributed by atoms with Crippen LogP contribution in [0.3, 0.4) is 0 Å². The lowest BCUT2D eigenvalue weighted by molar-refractivity contribution is 0.275. The summed E-state index contributed by atoms with van der Waals surface area (Å²) >= 11 is 0. The molecule has 0 radical (unpaired) electrons. The highest BCUT2D eigenvalue weighted by molar-refractivity contribution is 5.09. The summed E-state index contributed by atoms with van der Waals surface area (Å²) in [5.74, 6) is 0.667. The van der Waals surface area contributed by atoms with Gasteiger partial charge < -0.3 is 5.11 Å². The van der Waals surface area contributed by atoms with Crippen molar-refractivity contribution in [2.45, 2.75) is 66.0 Å². The van der Waals surface area contributed by atoms with Crippen LogP contribution in [0.1, 0.15) is 57.8 Å². The van der Waals surface area contributed by atoms with Crippen LogP contribution in [0.4, 0.5) is 0 Å². The van der Waals surface area contributed by atoms with Gasteiger partial charge in [-0.05, 0) is 25.2 Å². The summed E-state index contributed by atoms with van der Waals surface area (Å²) in [4.78, 5) is 0. The molecule has 0 aliphatic rings. The highest BCUT2D eigenvalue weighted by Gasteiger charge is 2.12. The third-order valence-corrected chi connectivity index (χ3v) is 3.00. The van der Waals surface area contributed by atoms with Gasteiger partial charge in [-0.25, -0.2) is 4.68 Å². The molecular formula is C13H25N3O. The number of aliphatic hydroxyl groups is 1. The zero-order valence-electron chi connectivity index (χ0n) is 11.3. The van der Waals surface area contributed by atoms with Crippen molar-refractivity contribution in [3.63, 3.8) is 0 Å². The largest absolute Gasteiger partial charge is 0.390 e. The number of aryl methyl sites for hydroxylation is 1. The molecule has 0 saturated carbocycles. The molecule has 1 rings (SSSR count). The average Bonchev–Trinajstić information content (AvgIpc) is 2.69. The summed E-state index contributed by atoms with van der Waals surface area (Å²) in [6.07, 6.45) is 5.65. The SMILES string of the molecule is CCCCCn1nnc(CO)c1CCC(C)C. The molecule has 1 N–H and O–H groups in total. The Balaban J connectivity index is 2.64. The van der Waals surface area contributed by atoms with E-state index in [0.29, 0.717) is 5.92 Å². The Morgan fingerprint density at radius 2 is 2.06 bits per heavy atom. The summed E-state index contributed by atoms with van der Waals surface area (Å²) in [5, 5.41) is 17.5. The number of nitrogens with zero attached hydrogens (tertiary/aromatic N) is 3. The minimum absolute atomic E-state index is 0.00120. The highest BCUT2D eigenvalue weighted by atomic mass is 16.3. The van der Waals surface area contributed by atoms with Crippen molar-refractivity contribution in [3.8, 4) is 0 Å². The molecule has 98 valence electrons. The topological polar surface area (TPSA) is 50.9 Å². The fourth-order valence-electron chi connectivity index (χ4n) is 1.88. The average molecular weight is 239 g/mol. The maximum atomic E-state index is 9.25. The second-order valence-corrected chi connectivity index (χ2v) is 5.00.